The summed E-state index contributed by atoms with van der Waals surface area (Å²) in [7, 11) is 1.71. The van der Waals surface area contributed by atoms with Gasteiger partial charge in [-0.3, -0.25) is 0 Å². The molecule has 0 aliphatic heterocycles. The fourth-order valence-corrected chi connectivity index (χ4v) is 1.81. The molecule has 94 valence electrons. The van der Waals surface area contributed by atoms with Gasteiger partial charge in [0.25, 0.3) is 0 Å². The van der Waals surface area contributed by atoms with E-state index in [-0.39, 0.29) is 0 Å². The van der Waals surface area contributed by atoms with Crippen LogP contribution in [0.4, 0.5) is 10.3 Å². The lowest BCUT2D eigenvalue weighted by molar-refractivity contribution is 0.619. The monoisotopic (exact) mass is 245 g/mol. The summed E-state index contributed by atoms with van der Waals surface area (Å²) in [5.41, 5.74) is 2.35. The highest BCUT2D eigenvalue weighted by Crippen LogP contribution is 2.21. The smallest absolute Gasteiger partial charge is 0.223 e. The van der Waals surface area contributed by atoms with Gasteiger partial charge in [-0.2, -0.15) is 0 Å². The van der Waals surface area contributed by atoms with Crippen LogP contribution in [0.1, 0.15) is 18.9 Å². The van der Waals surface area contributed by atoms with Gasteiger partial charge in [-0.25, -0.2) is 14.4 Å². The molecule has 0 bridgehead atoms. The van der Waals surface area contributed by atoms with Crippen molar-refractivity contribution >= 4 is 5.95 Å². The summed E-state index contributed by atoms with van der Waals surface area (Å²) >= 11 is 0. The van der Waals surface area contributed by atoms with Crippen LogP contribution in [-0.2, 0) is 6.42 Å². The van der Waals surface area contributed by atoms with Crippen molar-refractivity contribution < 1.29 is 4.39 Å². The number of nitrogens with one attached hydrogen (secondary N) is 1. The Hall–Kier alpha value is -1.97. The van der Waals surface area contributed by atoms with Gasteiger partial charge in [0.05, 0.1) is 6.20 Å². The molecule has 1 heterocycles. The Kier molecular flexibility index (Phi) is 3.87. The van der Waals surface area contributed by atoms with E-state index in [1.54, 1.807) is 7.05 Å². The Morgan fingerprint density at radius 1 is 1.22 bits per heavy atom. The molecule has 18 heavy (non-hydrogen) atoms. The van der Waals surface area contributed by atoms with Crippen molar-refractivity contribution in [2.45, 2.75) is 19.8 Å². The van der Waals surface area contributed by atoms with Crippen LogP contribution in [0.25, 0.3) is 11.3 Å². The van der Waals surface area contributed by atoms with E-state index in [2.05, 4.69) is 22.2 Å². The number of rotatable bonds is 4. The van der Waals surface area contributed by atoms with Gasteiger partial charge < -0.3 is 5.32 Å². The summed E-state index contributed by atoms with van der Waals surface area (Å²) in [6.45, 7) is 2.14. The summed E-state index contributed by atoms with van der Waals surface area (Å²) in [4.78, 5) is 7.97. The largest absolute Gasteiger partial charge is 0.357 e. The Morgan fingerprint density at radius 3 is 2.56 bits per heavy atom. The van der Waals surface area contributed by atoms with Crippen molar-refractivity contribution in [3.8, 4) is 11.3 Å². The van der Waals surface area contributed by atoms with E-state index in [0.29, 0.717) is 11.6 Å². The van der Waals surface area contributed by atoms with Crippen LogP contribution in [-0.4, -0.2) is 17.0 Å². The summed E-state index contributed by atoms with van der Waals surface area (Å²) in [6.07, 6.45) is 3.33. The van der Waals surface area contributed by atoms with Gasteiger partial charge >= 0.3 is 0 Å². The quantitative estimate of drug-likeness (QED) is 0.898. The average Bonchev–Trinajstić information content (AvgIpc) is 2.41. The number of hydrogen-bond acceptors (Lipinski definition) is 3. The SMILES string of the molecule is CCCc1ccc(-c2nc(NC)ncc2F)cc1. The molecule has 0 amide bonds. The van der Waals surface area contributed by atoms with Crippen molar-refractivity contribution in [1.82, 2.24) is 9.97 Å². The number of benzene rings is 1. The molecule has 4 heteroatoms. The molecule has 0 fully saturated rings. The number of nitrogens with zero attached hydrogens (tertiary/aromatic N) is 2. The summed E-state index contributed by atoms with van der Waals surface area (Å²) < 4.78 is 13.7. The van der Waals surface area contributed by atoms with E-state index in [0.717, 1.165) is 18.4 Å². The second-order valence-electron chi connectivity index (χ2n) is 4.09. The molecule has 3 nitrogen and oxygen atoms in total. The van der Waals surface area contributed by atoms with Gasteiger partial charge in [-0.15, -0.1) is 0 Å². The maximum Gasteiger partial charge on any atom is 0.223 e. The van der Waals surface area contributed by atoms with E-state index in [4.69, 9.17) is 0 Å². The van der Waals surface area contributed by atoms with Crippen LogP contribution in [0.5, 0.6) is 0 Å². The molecule has 1 aromatic carbocycles. The second-order valence-corrected chi connectivity index (χ2v) is 4.09. The third kappa shape index (κ3) is 2.64. The lowest BCUT2D eigenvalue weighted by Gasteiger charge is -2.06. The van der Waals surface area contributed by atoms with Crippen LogP contribution < -0.4 is 5.32 Å². The molecular weight excluding hydrogens is 229 g/mol. The molecule has 0 aliphatic rings. The molecule has 0 unspecified atom stereocenters. The van der Waals surface area contributed by atoms with Gasteiger partial charge in [0.15, 0.2) is 5.82 Å². The second kappa shape index (κ2) is 5.58. The number of halogens is 1. The maximum absolute atomic E-state index is 13.7. The normalized spacial score (nSPS) is 10.4. The average molecular weight is 245 g/mol. The van der Waals surface area contributed by atoms with E-state index in [1.165, 1.54) is 11.8 Å². The van der Waals surface area contributed by atoms with E-state index < -0.39 is 5.82 Å². The standard InChI is InChI=1S/C14H16FN3/c1-3-4-10-5-7-11(8-6-10)13-12(15)9-17-14(16-2)18-13/h5-9H,3-4H2,1-2H3,(H,16,17,18). The third-order valence-electron chi connectivity index (χ3n) is 2.73. The first-order valence-corrected chi connectivity index (χ1v) is 6.04. The predicted octanol–water partition coefficient (Wildman–Crippen LogP) is 3.28. The predicted molar refractivity (Wildman–Crippen MR) is 71.0 cm³/mol. The van der Waals surface area contributed by atoms with Gasteiger partial charge in [0.2, 0.25) is 5.95 Å². The van der Waals surface area contributed by atoms with Gasteiger partial charge in [0.1, 0.15) is 5.69 Å². The zero-order valence-corrected chi connectivity index (χ0v) is 10.6. The number of anilines is 1. The van der Waals surface area contributed by atoms with E-state index in [9.17, 15) is 4.39 Å². The van der Waals surface area contributed by atoms with Crippen LogP contribution in [0.15, 0.2) is 30.5 Å². The minimum atomic E-state index is -0.405. The van der Waals surface area contributed by atoms with Crippen molar-refractivity contribution in [2.24, 2.45) is 0 Å². The van der Waals surface area contributed by atoms with Crippen LogP contribution in [0.2, 0.25) is 0 Å². The van der Waals surface area contributed by atoms with Crippen LogP contribution in [0.3, 0.4) is 0 Å². The lowest BCUT2D eigenvalue weighted by atomic mass is 10.1. The molecule has 2 rings (SSSR count). The Morgan fingerprint density at radius 2 is 1.94 bits per heavy atom. The highest BCUT2D eigenvalue weighted by molar-refractivity contribution is 5.61. The molecule has 0 atom stereocenters. The Balaban J connectivity index is 2.35. The molecule has 0 saturated carbocycles. The first-order valence-electron chi connectivity index (χ1n) is 6.04. The molecule has 1 N–H and O–H groups in total. The minimum absolute atomic E-state index is 0.331. The van der Waals surface area contributed by atoms with Crippen molar-refractivity contribution in [3.63, 3.8) is 0 Å². The molecule has 2 aromatic rings. The van der Waals surface area contributed by atoms with Gasteiger partial charge in [-0.1, -0.05) is 37.6 Å². The molecular formula is C14H16FN3. The maximum atomic E-state index is 13.7. The number of aromatic nitrogens is 2. The van der Waals surface area contributed by atoms with Gasteiger partial charge in [-0.05, 0) is 12.0 Å². The van der Waals surface area contributed by atoms with Gasteiger partial charge in [0, 0.05) is 12.6 Å². The van der Waals surface area contributed by atoms with Crippen molar-refractivity contribution in [1.29, 1.82) is 0 Å². The lowest BCUT2D eigenvalue weighted by Crippen LogP contribution is -1.99. The van der Waals surface area contributed by atoms with Crippen LogP contribution in [0, 0.1) is 5.82 Å². The highest BCUT2D eigenvalue weighted by atomic mass is 19.1. The van der Waals surface area contributed by atoms with E-state index >= 15 is 0 Å². The first kappa shape index (κ1) is 12.5. The van der Waals surface area contributed by atoms with Crippen molar-refractivity contribution in [2.75, 3.05) is 12.4 Å². The first-order chi connectivity index (χ1) is 8.74. The summed E-state index contributed by atoms with van der Waals surface area (Å²) in [5, 5.41) is 2.81. The molecule has 0 aliphatic carbocycles. The fourth-order valence-electron chi connectivity index (χ4n) is 1.81. The van der Waals surface area contributed by atoms with Crippen LogP contribution >= 0.6 is 0 Å². The van der Waals surface area contributed by atoms with E-state index in [1.807, 2.05) is 24.3 Å². The highest BCUT2D eigenvalue weighted by Gasteiger charge is 2.08. The zero-order valence-electron chi connectivity index (χ0n) is 10.6. The topological polar surface area (TPSA) is 37.8 Å². The Labute approximate surface area is 106 Å². The summed E-state index contributed by atoms with van der Waals surface area (Å²) in [6, 6.07) is 7.82. The molecule has 0 saturated heterocycles. The summed E-state index contributed by atoms with van der Waals surface area (Å²) in [5.74, 6) is 0.0151. The van der Waals surface area contributed by atoms with Crippen molar-refractivity contribution in [3.05, 3.63) is 41.8 Å². The zero-order chi connectivity index (χ0) is 13.0. The fraction of sp³-hybridized carbons (Fsp3) is 0.286. The minimum Gasteiger partial charge on any atom is -0.357 e. The Bertz CT molecular complexity index is 523. The molecule has 0 radical (unpaired) electrons. The molecule has 1 aromatic heterocycles. The number of aryl methyl sites for hydroxylation is 1. The number of hydrogen-bond donors (Lipinski definition) is 1. The third-order valence-corrected chi connectivity index (χ3v) is 2.73. The molecule has 0 spiro atoms.